The van der Waals surface area contributed by atoms with E-state index in [-0.39, 0.29) is 24.8 Å². The van der Waals surface area contributed by atoms with Crippen LogP contribution in [0.2, 0.25) is 5.02 Å². The first-order valence-electron chi connectivity index (χ1n) is 12.1. The maximum atomic E-state index is 13.5. The molecule has 0 spiro atoms. The van der Waals surface area contributed by atoms with E-state index in [0.29, 0.717) is 30.1 Å². The van der Waals surface area contributed by atoms with Crippen molar-refractivity contribution in [3.63, 3.8) is 0 Å². The first-order valence-corrected chi connectivity index (χ1v) is 14.3. The van der Waals surface area contributed by atoms with Crippen molar-refractivity contribution in [3.05, 3.63) is 64.7 Å². The van der Waals surface area contributed by atoms with Gasteiger partial charge in [-0.25, -0.2) is 8.42 Å². The molecule has 0 saturated carbocycles. The summed E-state index contributed by atoms with van der Waals surface area (Å²) in [4.78, 5) is 28.2. The maximum absolute atomic E-state index is 13.5. The van der Waals surface area contributed by atoms with Crippen molar-refractivity contribution < 1.29 is 18.0 Å². The van der Waals surface area contributed by atoms with Gasteiger partial charge in [0.2, 0.25) is 21.8 Å². The number of nitrogens with one attached hydrogen (secondary N) is 1. The molecule has 9 heteroatoms. The summed E-state index contributed by atoms with van der Waals surface area (Å²) in [5, 5.41) is 3.42. The Kier molecular flexibility index (Phi) is 10.4. The van der Waals surface area contributed by atoms with Crippen LogP contribution in [-0.2, 0) is 26.2 Å². The summed E-state index contributed by atoms with van der Waals surface area (Å²) < 4.78 is 26.1. The van der Waals surface area contributed by atoms with E-state index in [1.54, 1.807) is 29.2 Å². The summed E-state index contributed by atoms with van der Waals surface area (Å²) in [6.07, 6.45) is 1.97. The smallest absolute Gasteiger partial charge is 0.243 e. The Bertz CT molecular complexity index is 1160. The molecule has 2 amide bonds. The molecule has 2 aromatic rings. The van der Waals surface area contributed by atoms with Crippen molar-refractivity contribution in [1.82, 2.24) is 10.2 Å². The summed E-state index contributed by atoms with van der Waals surface area (Å²) in [7, 11) is -3.58. The molecule has 0 fully saturated rings. The predicted octanol–water partition coefficient (Wildman–Crippen LogP) is 4.92. The monoisotopic (exact) mass is 535 g/mol. The fourth-order valence-electron chi connectivity index (χ4n) is 4.01. The van der Waals surface area contributed by atoms with Crippen molar-refractivity contribution >= 4 is 39.1 Å². The van der Waals surface area contributed by atoms with Crippen molar-refractivity contribution in [2.45, 2.75) is 72.0 Å². The van der Waals surface area contributed by atoms with Gasteiger partial charge in [-0.15, -0.1) is 0 Å². The van der Waals surface area contributed by atoms with E-state index < -0.39 is 21.6 Å². The lowest BCUT2D eigenvalue weighted by Crippen LogP contribution is -2.53. The number of halogens is 1. The third kappa shape index (κ3) is 9.13. The molecule has 0 saturated heterocycles. The lowest BCUT2D eigenvalue weighted by atomic mass is 10.0. The standard InChI is InChI=1S/C27H38ClN3O4S/c1-7-24(26(33)29-27(3,4)5)30(19-21-12-8-11-20(2)17-21)25(32)15-10-16-31(36(6,34)35)23-14-9-13-22(28)18-23/h8-9,11-14,17-18,24H,7,10,15-16,19H2,1-6H3,(H,29,33). The van der Waals surface area contributed by atoms with Crippen LogP contribution in [0.4, 0.5) is 5.69 Å². The minimum Gasteiger partial charge on any atom is -0.350 e. The van der Waals surface area contributed by atoms with Gasteiger partial charge in [-0.2, -0.15) is 0 Å². The molecular weight excluding hydrogens is 498 g/mol. The highest BCUT2D eigenvalue weighted by atomic mass is 35.5. The summed E-state index contributed by atoms with van der Waals surface area (Å²) in [5.41, 5.74) is 2.01. The molecular formula is C27H38ClN3O4S. The largest absolute Gasteiger partial charge is 0.350 e. The van der Waals surface area contributed by atoms with E-state index in [9.17, 15) is 18.0 Å². The molecule has 198 valence electrons. The van der Waals surface area contributed by atoms with Crippen LogP contribution in [0.5, 0.6) is 0 Å². The second kappa shape index (κ2) is 12.6. The van der Waals surface area contributed by atoms with Gasteiger partial charge in [0, 0.05) is 30.1 Å². The molecule has 0 aromatic heterocycles. The Labute approximate surface area is 220 Å². The van der Waals surface area contributed by atoms with Crippen molar-refractivity contribution in [2.24, 2.45) is 0 Å². The minimum absolute atomic E-state index is 0.0949. The average Bonchev–Trinajstić information content (AvgIpc) is 2.74. The number of benzene rings is 2. The van der Waals surface area contributed by atoms with Gasteiger partial charge in [0.1, 0.15) is 6.04 Å². The second-order valence-electron chi connectivity index (χ2n) is 10.1. The van der Waals surface area contributed by atoms with Crippen molar-refractivity contribution in [1.29, 1.82) is 0 Å². The van der Waals surface area contributed by atoms with Crippen LogP contribution in [0.1, 0.15) is 58.1 Å². The highest BCUT2D eigenvalue weighted by Crippen LogP contribution is 2.23. The van der Waals surface area contributed by atoms with Gasteiger partial charge in [0.15, 0.2) is 0 Å². The van der Waals surface area contributed by atoms with Gasteiger partial charge in [-0.05, 0) is 64.3 Å². The SMILES string of the molecule is CCC(C(=O)NC(C)(C)C)N(Cc1cccc(C)c1)C(=O)CCCN(c1cccc(Cl)c1)S(C)(=O)=O. The second-order valence-corrected chi connectivity index (χ2v) is 12.4. The van der Waals surface area contributed by atoms with Crippen molar-refractivity contribution in [2.75, 3.05) is 17.1 Å². The Balaban J connectivity index is 2.24. The Morgan fingerprint density at radius 3 is 2.31 bits per heavy atom. The van der Waals surface area contributed by atoms with E-state index in [4.69, 9.17) is 11.6 Å². The van der Waals surface area contributed by atoms with Gasteiger partial charge in [0.05, 0.1) is 11.9 Å². The molecule has 0 aliphatic heterocycles. The lowest BCUT2D eigenvalue weighted by Gasteiger charge is -2.33. The Morgan fingerprint density at radius 2 is 1.75 bits per heavy atom. The Morgan fingerprint density at radius 1 is 1.08 bits per heavy atom. The number of carbonyl (C=O) groups excluding carboxylic acids is 2. The summed E-state index contributed by atoms with van der Waals surface area (Å²) in [5.74, 6) is -0.408. The number of sulfonamides is 1. The zero-order valence-corrected chi connectivity index (χ0v) is 23.6. The topological polar surface area (TPSA) is 86.8 Å². The molecule has 36 heavy (non-hydrogen) atoms. The van der Waals surface area contributed by atoms with Crippen LogP contribution >= 0.6 is 11.6 Å². The molecule has 1 N–H and O–H groups in total. The first kappa shape index (κ1) is 29.6. The van der Waals surface area contributed by atoms with Gasteiger partial charge < -0.3 is 10.2 Å². The van der Waals surface area contributed by atoms with Crippen LogP contribution in [0.25, 0.3) is 0 Å². The summed E-state index contributed by atoms with van der Waals surface area (Å²) in [6, 6.07) is 13.8. The van der Waals surface area contributed by atoms with Gasteiger partial charge in [-0.3, -0.25) is 13.9 Å². The average molecular weight is 536 g/mol. The number of carbonyl (C=O) groups is 2. The number of rotatable bonds is 11. The fraction of sp³-hybridized carbons (Fsp3) is 0.481. The van der Waals surface area contributed by atoms with Gasteiger partial charge >= 0.3 is 0 Å². The maximum Gasteiger partial charge on any atom is 0.243 e. The molecule has 1 atom stereocenters. The molecule has 1 unspecified atom stereocenters. The number of nitrogens with zero attached hydrogens (tertiary/aromatic N) is 2. The number of aryl methyl sites for hydroxylation is 1. The van der Waals surface area contributed by atoms with Crippen LogP contribution in [0.3, 0.4) is 0 Å². The van der Waals surface area contributed by atoms with E-state index in [2.05, 4.69) is 5.32 Å². The molecule has 0 heterocycles. The molecule has 2 aromatic carbocycles. The van der Waals surface area contributed by atoms with E-state index >= 15 is 0 Å². The molecule has 2 rings (SSSR count). The van der Waals surface area contributed by atoms with Crippen molar-refractivity contribution in [3.8, 4) is 0 Å². The van der Waals surface area contributed by atoms with E-state index in [1.807, 2.05) is 58.9 Å². The highest BCUT2D eigenvalue weighted by molar-refractivity contribution is 7.92. The van der Waals surface area contributed by atoms with E-state index in [0.717, 1.165) is 17.4 Å². The van der Waals surface area contributed by atoms with Crippen LogP contribution < -0.4 is 9.62 Å². The predicted molar refractivity (Wildman–Crippen MR) is 147 cm³/mol. The number of hydrogen-bond donors (Lipinski definition) is 1. The van der Waals surface area contributed by atoms with Gasteiger partial charge in [-0.1, -0.05) is 54.4 Å². The third-order valence-corrected chi connectivity index (χ3v) is 7.00. The molecule has 0 aliphatic rings. The highest BCUT2D eigenvalue weighted by Gasteiger charge is 2.30. The summed E-state index contributed by atoms with van der Waals surface area (Å²) >= 11 is 6.06. The molecule has 0 radical (unpaired) electrons. The van der Waals surface area contributed by atoms with Crippen LogP contribution in [0.15, 0.2) is 48.5 Å². The van der Waals surface area contributed by atoms with Gasteiger partial charge in [0.25, 0.3) is 0 Å². The van der Waals surface area contributed by atoms with Crippen LogP contribution in [-0.4, -0.2) is 49.5 Å². The normalized spacial score (nSPS) is 12.6. The number of hydrogen-bond acceptors (Lipinski definition) is 4. The lowest BCUT2D eigenvalue weighted by molar-refractivity contribution is -0.142. The fourth-order valence-corrected chi connectivity index (χ4v) is 5.16. The molecule has 7 nitrogen and oxygen atoms in total. The molecule has 0 aliphatic carbocycles. The zero-order chi connectivity index (χ0) is 27.1. The zero-order valence-electron chi connectivity index (χ0n) is 22.0. The Hall–Kier alpha value is -2.58. The molecule has 0 bridgehead atoms. The first-order chi connectivity index (χ1) is 16.7. The van der Waals surface area contributed by atoms with E-state index in [1.165, 1.54) is 4.31 Å². The minimum atomic E-state index is -3.58. The van der Waals surface area contributed by atoms with Crippen LogP contribution in [0, 0.1) is 6.92 Å². The third-order valence-electron chi connectivity index (χ3n) is 5.57. The number of anilines is 1. The quantitative estimate of drug-likeness (QED) is 0.442. The number of amides is 2. The summed E-state index contributed by atoms with van der Waals surface area (Å²) in [6.45, 7) is 9.98.